The smallest absolute Gasteiger partial charge is 0.243 e. The second kappa shape index (κ2) is 9.66. The molecule has 0 bridgehead atoms. The van der Waals surface area contributed by atoms with E-state index < -0.39 is 27.8 Å². The third kappa shape index (κ3) is 5.43. The zero-order chi connectivity index (χ0) is 21.7. The largest absolute Gasteiger partial charge is 0.348 e. The van der Waals surface area contributed by atoms with Crippen LogP contribution in [-0.2, 0) is 14.8 Å². The van der Waals surface area contributed by atoms with Crippen molar-refractivity contribution in [2.24, 2.45) is 0 Å². The average Bonchev–Trinajstić information content (AvgIpc) is 2.73. The van der Waals surface area contributed by atoms with E-state index in [1.807, 2.05) is 0 Å². The Kier molecular flexibility index (Phi) is 7.20. The Hall–Kier alpha value is -2.32. The fraction of sp³-hybridized carbons (Fsp3) is 0.409. The van der Waals surface area contributed by atoms with Crippen molar-refractivity contribution in [3.05, 3.63) is 65.7 Å². The maximum absolute atomic E-state index is 13.3. The quantitative estimate of drug-likeness (QED) is 0.709. The molecule has 1 aliphatic carbocycles. The van der Waals surface area contributed by atoms with Crippen LogP contribution in [0.25, 0.3) is 0 Å². The van der Waals surface area contributed by atoms with E-state index >= 15 is 0 Å². The van der Waals surface area contributed by atoms with Crippen molar-refractivity contribution in [1.29, 1.82) is 0 Å². The topological polar surface area (TPSA) is 66.5 Å². The van der Waals surface area contributed by atoms with Gasteiger partial charge in [0.05, 0.1) is 17.5 Å². The van der Waals surface area contributed by atoms with E-state index in [-0.39, 0.29) is 23.3 Å². The Morgan fingerprint density at radius 3 is 2.10 bits per heavy atom. The minimum Gasteiger partial charge on any atom is -0.348 e. The SMILES string of the molecule is C[C@@H](NC(=O)CN(C1CCCCC1)S(=O)(=O)c1ccc(F)cc1)c1ccc(F)cc1. The van der Waals surface area contributed by atoms with Crippen LogP contribution in [0, 0.1) is 11.6 Å². The molecule has 0 heterocycles. The average molecular weight is 437 g/mol. The molecule has 162 valence electrons. The number of amides is 1. The minimum atomic E-state index is -3.96. The number of hydrogen-bond donors (Lipinski definition) is 1. The lowest BCUT2D eigenvalue weighted by Crippen LogP contribution is -2.47. The van der Waals surface area contributed by atoms with Crippen LogP contribution in [0.2, 0.25) is 0 Å². The number of benzene rings is 2. The highest BCUT2D eigenvalue weighted by molar-refractivity contribution is 7.89. The number of halogens is 2. The summed E-state index contributed by atoms with van der Waals surface area (Å²) in [6, 6.07) is 9.74. The number of hydrogen-bond acceptors (Lipinski definition) is 3. The summed E-state index contributed by atoms with van der Waals surface area (Å²) in [6.07, 6.45) is 4.19. The highest BCUT2D eigenvalue weighted by Crippen LogP contribution is 2.28. The highest BCUT2D eigenvalue weighted by Gasteiger charge is 2.34. The molecular formula is C22H26F2N2O3S. The van der Waals surface area contributed by atoms with Gasteiger partial charge in [-0.05, 0) is 61.7 Å². The molecule has 3 rings (SSSR count). The molecule has 0 spiro atoms. The molecule has 0 saturated heterocycles. The second-order valence-electron chi connectivity index (χ2n) is 7.64. The molecule has 0 aromatic heterocycles. The summed E-state index contributed by atoms with van der Waals surface area (Å²) >= 11 is 0. The molecule has 0 radical (unpaired) electrons. The van der Waals surface area contributed by atoms with Gasteiger partial charge in [0.25, 0.3) is 0 Å². The first-order valence-corrected chi connectivity index (χ1v) is 11.5. The fourth-order valence-corrected chi connectivity index (χ4v) is 5.43. The summed E-state index contributed by atoms with van der Waals surface area (Å²) in [5, 5.41) is 2.79. The molecule has 2 aromatic rings. The van der Waals surface area contributed by atoms with Crippen LogP contribution in [-0.4, -0.2) is 31.2 Å². The number of nitrogens with one attached hydrogen (secondary N) is 1. The van der Waals surface area contributed by atoms with Crippen LogP contribution >= 0.6 is 0 Å². The fourth-order valence-electron chi connectivity index (χ4n) is 3.78. The van der Waals surface area contributed by atoms with Gasteiger partial charge in [0, 0.05) is 6.04 Å². The summed E-state index contributed by atoms with van der Waals surface area (Å²) in [5.74, 6) is -1.33. The van der Waals surface area contributed by atoms with Gasteiger partial charge in [-0.15, -0.1) is 0 Å². The van der Waals surface area contributed by atoms with Crippen LogP contribution in [0.15, 0.2) is 53.4 Å². The van der Waals surface area contributed by atoms with Crippen LogP contribution in [0.1, 0.15) is 50.6 Å². The van der Waals surface area contributed by atoms with Gasteiger partial charge >= 0.3 is 0 Å². The maximum atomic E-state index is 13.3. The van der Waals surface area contributed by atoms with Crippen molar-refractivity contribution in [1.82, 2.24) is 9.62 Å². The first-order valence-electron chi connectivity index (χ1n) is 10.1. The molecule has 1 atom stereocenters. The Balaban J connectivity index is 1.79. The summed E-state index contributed by atoms with van der Waals surface area (Å²) in [5.41, 5.74) is 0.718. The molecule has 1 aliphatic rings. The van der Waals surface area contributed by atoms with Gasteiger partial charge in [-0.3, -0.25) is 4.79 Å². The van der Waals surface area contributed by atoms with Crippen LogP contribution < -0.4 is 5.32 Å². The number of carbonyl (C=O) groups is 1. The van der Waals surface area contributed by atoms with Gasteiger partial charge in [0.2, 0.25) is 15.9 Å². The lowest BCUT2D eigenvalue weighted by molar-refractivity contribution is -0.122. The van der Waals surface area contributed by atoms with E-state index in [1.54, 1.807) is 19.1 Å². The third-order valence-electron chi connectivity index (χ3n) is 5.45. The zero-order valence-corrected chi connectivity index (χ0v) is 17.7. The number of carbonyl (C=O) groups excluding carboxylic acids is 1. The summed E-state index contributed by atoms with van der Waals surface area (Å²) in [4.78, 5) is 12.7. The summed E-state index contributed by atoms with van der Waals surface area (Å²) in [7, 11) is -3.96. The predicted molar refractivity (Wildman–Crippen MR) is 110 cm³/mol. The first kappa shape index (κ1) is 22.4. The number of nitrogens with zero attached hydrogens (tertiary/aromatic N) is 1. The van der Waals surface area contributed by atoms with E-state index in [0.29, 0.717) is 12.8 Å². The molecule has 30 heavy (non-hydrogen) atoms. The lowest BCUT2D eigenvalue weighted by Gasteiger charge is -2.33. The van der Waals surface area contributed by atoms with Crippen molar-refractivity contribution in [2.45, 2.75) is 56.0 Å². The van der Waals surface area contributed by atoms with Crippen molar-refractivity contribution in [2.75, 3.05) is 6.54 Å². The minimum absolute atomic E-state index is 0.0335. The molecule has 2 aromatic carbocycles. The van der Waals surface area contributed by atoms with Gasteiger partial charge in [-0.2, -0.15) is 4.31 Å². The van der Waals surface area contributed by atoms with E-state index in [4.69, 9.17) is 0 Å². The summed E-state index contributed by atoms with van der Waals surface area (Å²) in [6.45, 7) is 1.43. The monoisotopic (exact) mass is 436 g/mol. The van der Waals surface area contributed by atoms with Crippen molar-refractivity contribution < 1.29 is 22.0 Å². The molecule has 1 saturated carbocycles. The van der Waals surface area contributed by atoms with Crippen molar-refractivity contribution in [3.8, 4) is 0 Å². The van der Waals surface area contributed by atoms with E-state index in [2.05, 4.69) is 5.32 Å². The number of sulfonamides is 1. The second-order valence-corrected chi connectivity index (χ2v) is 9.53. The maximum Gasteiger partial charge on any atom is 0.243 e. The van der Waals surface area contributed by atoms with Gasteiger partial charge in [-0.25, -0.2) is 17.2 Å². The normalized spacial score (nSPS) is 16.4. The van der Waals surface area contributed by atoms with Crippen LogP contribution in [0.4, 0.5) is 8.78 Å². The van der Waals surface area contributed by atoms with E-state index in [1.165, 1.54) is 28.6 Å². The van der Waals surface area contributed by atoms with Gasteiger partial charge in [-0.1, -0.05) is 31.4 Å². The Morgan fingerprint density at radius 1 is 1.00 bits per heavy atom. The van der Waals surface area contributed by atoms with Crippen LogP contribution in [0.3, 0.4) is 0 Å². The Labute approximate surface area is 176 Å². The van der Waals surface area contributed by atoms with Gasteiger partial charge < -0.3 is 5.32 Å². The Bertz CT molecular complexity index is 957. The third-order valence-corrected chi connectivity index (χ3v) is 7.36. The van der Waals surface area contributed by atoms with Gasteiger partial charge in [0.15, 0.2) is 0 Å². The predicted octanol–water partition coefficient (Wildman–Crippen LogP) is 4.17. The molecule has 1 amide bonds. The molecule has 5 nitrogen and oxygen atoms in total. The lowest BCUT2D eigenvalue weighted by atomic mass is 9.95. The van der Waals surface area contributed by atoms with Gasteiger partial charge in [0.1, 0.15) is 11.6 Å². The zero-order valence-electron chi connectivity index (χ0n) is 16.9. The van der Waals surface area contributed by atoms with E-state index in [0.717, 1.165) is 37.0 Å². The van der Waals surface area contributed by atoms with E-state index in [9.17, 15) is 22.0 Å². The molecular weight excluding hydrogens is 410 g/mol. The standard InChI is InChI=1S/C22H26F2N2O3S/c1-16(17-7-9-18(23)10-8-17)25-22(27)15-26(20-5-3-2-4-6-20)30(28,29)21-13-11-19(24)12-14-21/h7-14,16,20H,2-6,15H2,1H3,(H,25,27)/t16-/m1/s1. The number of rotatable bonds is 7. The highest BCUT2D eigenvalue weighted by atomic mass is 32.2. The Morgan fingerprint density at radius 2 is 1.53 bits per heavy atom. The molecule has 0 aliphatic heterocycles. The van der Waals surface area contributed by atoms with Crippen molar-refractivity contribution >= 4 is 15.9 Å². The molecule has 1 N–H and O–H groups in total. The first-order chi connectivity index (χ1) is 14.3. The molecule has 1 fully saturated rings. The molecule has 0 unspecified atom stereocenters. The van der Waals surface area contributed by atoms with Crippen molar-refractivity contribution in [3.63, 3.8) is 0 Å². The van der Waals surface area contributed by atoms with Crippen LogP contribution in [0.5, 0.6) is 0 Å². The summed E-state index contributed by atoms with van der Waals surface area (Å²) < 4.78 is 54.1. The molecule has 8 heteroatoms.